The van der Waals surface area contributed by atoms with E-state index in [1.54, 1.807) is 13.8 Å². The molecule has 0 spiro atoms. The Kier molecular flexibility index (Phi) is 9.84. The number of thioether (sulfide) groups is 1. The van der Waals surface area contributed by atoms with Crippen molar-refractivity contribution in [3.8, 4) is 0 Å². The molecule has 1 saturated heterocycles. The minimum atomic E-state index is -4.01. The maximum Gasteiger partial charge on any atom is 0.405 e. The van der Waals surface area contributed by atoms with Crippen LogP contribution in [0.1, 0.15) is 32.6 Å². The first-order valence-electron chi connectivity index (χ1n) is 12.8. The lowest BCUT2D eigenvalue weighted by Crippen LogP contribution is -2.44. The Hall–Kier alpha value is -2.46. The molecule has 2 aromatic heterocycles. The average molecular weight is 612 g/mol. The summed E-state index contributed by atoms with van der Waals surface area (Å²) in [7, 11) is -4.01. The van der Waals surface area contributed by atoms with Crippen LogP contribution in [-0.2, 0) is 29.7 Å². The third-order valence-electron chi connectivity index (χ3n) is 6.63. The van der Waals surface area contributed by atoms with E-state index >= 15 is 0 Å². The molecule has 1 aromatic carbocycles. The van der Waals surface area contributed by atoms with E-state index in [1.165, 1.54) is 24.1 Å². The quantitative estimate of drug-likeness (QED) is 0.137. The van der Waals surface area contributed by atoms with Crippen LogP contribution in [0, 0.1) is 5.41 Å². The molecule has 0 bridgehead atoms. The zero-order valence-electron chi connectivity index (χ0n) is 22.8. The summed E-state index contributed by atoms with van der Waals surface area (Å²) in [5.41, 5.74) is -2.28. The molecular weight excluding hydrogens is 577 g/mol. The molecule has 5 N–H and O–H groups in total. The van der Waals surface area contributed by atoms with Gasteiger partial charge in [-0.25, -0.2) is 19.6 Å². The number of H-pyrrole nitrogens is 1. The largest absolute Gasteiger partial charge is 0.405 e. The number of nitrogens with zero attached hydrogens (tertiary/aromatic N) is 3. The molecule has 3 heterocycles. The molecule has 0 radical (unpaired) electrons. The number of benzene rings is 1. The van der Waals surface area contributed by atoms with Crippen LogP contribution in [0.2, 0.25) is 0 Å². The lowest BCUT2D eigenvalue weighted by atomic mass is 9.96. The number of imidazole rings is 1. The first kappa shape index (κ1) is 31.5. The smallest absolute Gasteiger partial charge is 0.395 e. The van der Waals surface area contributed by atoms with E-state index in [0.29, 0.717) is 0 Å². The topological polar surface area (TPSA) is 198 Å². The Morgan fingerprint density at radius 3 is 2.73 bits per heavy atom. The second-order valence-electron chi connectivity index (χ2n) is 10.4. The predicted octanol–water partition coefficient (Wildman–Crippen LogP) is 1.34. The molecule has 0 aliphatic carbocycles. The number of hydrogen-bond acceptors (Lipinski definition) is 12. The highest BCUT2D eigenvalue weighted by Crippen LogP contribution is 2.46. The highest BCUT2D eigenvalue weighted by molar-refractivity contribution is 8.13. The van der Waals surface area contributed by atoms with Crippen LogP contribution in [-0.4, -0.2) is 83.3 Å². The van der Waals surface area contributed by atoms with E-state index in [9.17, 15) is 29.5 Å². The van der Waals surface area contributed by atoms with Crippen molar-refractivity contribution in [1.29, 1.82) is 0 Å². The fourth-order valence-corrected chi connectivity index (χ4v) is 6.29. The minimum Gasteiger partial charge on any atom is -0.395 e. The van der Waals surface area contributed by atoms with Gasteiger partial charge in [0.2, 0.25) is 0 Å². The normalized spacial score (nSPS) is 24.5. The number of fused-ring (bicyclic) bond motifs is 1. The maximum atomic E-state index is 13.7. The average Bonchev–Trinajstić information content (AvgIpc) is 3.48. The SMILES string of the molecule is CC(C)(CO)C(=O)SCCOP(=O)(NCc1ccccc1)OC[C@H]1O[C@@H](n2cnc3c(=O)[nH]cnc32)[C@](C)(O)[C@@H]1O. The van der Waals surface area contributed by atoms with Gasteiger partial charge in [-0.3, -0.25) is 23.2 Å². The van der Waals surface area contributed by atoms with Crippen molar-refractivity contribution in [3.05, 3.63) is 58.9 Å². The molecule has 5 atom stereocenters. The first-order valence-corrected chi connectivity index (χ1v) is 15.3. The van der Waals surface area contributed by atoms with Gasteiger partial charge in [0.05, 0.1) is 37.9 Å². The molecule has 4 rings (SSSR count). The van der Waals surface area contributed by atoms with Crippen molar-refractivity contribution in [2.45, 2.75) is 51.4 Å². The number of aromatic nitrogens is 4. The van der Waals surface area contributed by atoms with E-state index in [1.807, 2.05) is 30.3 Å². The summed E-state index contributed by atoms with van der Waals surface area (Å²) in [6.07, 6.45) is -1.37. The van der Waals surface area contributed by atoms with Gasteiger partial charge in [0, 0.05) is 12.3 Å². The molecule has 0 saturated carbocycles. The summed E-state index contributed by atoms with van der Waals surface area (Å²) in [4.78, 5) is 34.9. The van der Waals surface area contributed by atoms with Gasteiger partial charge in [0.25, 0.3) is 5.56 Å². The number of carbonyl (C=O) groups excluding carboxylic acids is 1. The lowest BCUT2D eigenvalue weighted by molar-refractivity contribution is -0.119. The van der Waals surface area contributed by atoms with E-state index in [-0.39, 0.29) is 41.8 Å². The van der Waals surface area contributed by atoms with Crippen LogP contribution in [0.15, 0.2) is 47.8 Å². The van der Waals surface area contributed by atoms with Crippen molar-refractivity contribution in [2.75, 3.05) is 25.6 Å². The summed E-state index contributed by atoms with van der Waals surface area (Å²) in [6.45, 7) is 3.87. The first-order chi connectivity index (χ1) is 19.4. The van der Waals surface area contributed by atoms with Crippen molar-refractivity contribution in [1.82, 2.24) is 24.6 Å². The molecule has 3 aromatic rings. The summed E-state index contributed by atoms with van der Waals surface area (Å²) >= 11 is 0.942. The van der Waals surface area contributed by atoms with Crippen LogP contribution in [0.4, 0.5) is 0 Å². The molecule has 224 valence electrons. The van der Waals surface area contributed by atoms with E-state index in [2.05, 4.69) is 20.0 Å². The van der Waals surface area contributed by atoms with Gasteiger partial charge in [-0.15, -0.1) is 0 Å². The summed E-state index contributed by atoms with van der Waals surface area (Å²) < 4.78 is 32.2. The van der Waals surface area contributed by atoms with E-state index in [0.717, 1.165) is 17.3 Å². The molecule has 0 amide bonds. The van der Waals surface area contributed by atoms with Gasteiger partial charge < -0.3 is 25.0 Å². The molecule has 41 heavy (non-hydrogen) atoms. The fraction of sp³-hybridized carbons (Fsp3) is 0.520. The molecule has 14 nitrogen and oxygen atoms in total. The molecular formula is C25H34N5O9PS. The van der Waals surface area contributed by atoms with Crippen molar-refractivity contribution in [2.24, 2.45) is 5.41 Å². The second kappa shape index (κ2) is 12.8. The van der Waals surface area contributed by atoms with Crippen LogP contribution in [0.3, 0.4) is 0 Å². The van der Waals surface area contributed by atoms with Crippen LogP contribution in [0.25, 0.3) is 11.2 Å². The highest BCUT2D eigenvalue weighted by atomic mass is 32.2. The Bertz CT molecular complexity index is 1450. The molecule has 1 aliphatic heterocycles. The third-order valence-corrected chi connectivity index (χ3v) is 9.37. The molecule has 16 heteroatoms. The monoisotopic (exact) mass is 611 g/mol. The zero-order chi connectivity index (χ0) is 29.8. The Labute approximate surface area is 240 Å². The fourth-order valence-electron chi connectivity index (χ4n) is 4.05. The van der Waals surface area contributed by atoms with Gasteiger partial charge in [0.15, 0.2) is 22.5 Å². The molecule has 1 fully saturated rings. The standard InChI is InChI=1S/C25H34N5O9PS/c1-24(2,13-31)23(34)41-10-9-37-40(36,29-11-16-7-5-4-6-8-16)38-12-17-19(32)25(3,35)22(39-17)30-15-28-18-20(30)26-14-27-21(18)33/h4-8,14-15,17,19,22,31-32,35H,9-13H2,1-3H3,(H,29,36)(H,26,27,33)/t17-,19-,22-,25-,40?/m1/s1. The van der Waals surface area contributed by atoms with Crippen LogP contribution >= 0.6 is 19.5 Å². The van der Waals surface area contributed by atoms with Crippen molar-refractivity contribution >= 4 is 35.8 Å². The van der Waals surface area contributed by atoms with E-state index in [4.69, 9.17) is 13.8 Å². The predicted molar refractivity (Wildman–Crippen MR) is 150 cm³/mol. The summed E-state index contributed by atoms with van der Waals surface area (Å²) in [5.74, 6) is 0.155. The third kappa shape index (κ3) is 7.13. The van der Waals surface area contributed by atoms with E-state index < -0.39 is 49.4 Å². The van der Waals surface area contributed by atoms with Crippen molar-refractivity contribution < 1.29 is 38.5 Å². The Balaban J connectivity index is 1.45. The minimum absolute atomic E-state index is 0.0304. The van der Waals surface area contributed by atoms with Crippen LogP contribution < -0.4 is 10.6 Å². The molecule has 1 unspecified atom stereocenters. The summed E-state index contributed by atoms with van der Waals surface area (Å²) in [6, 6.07) is 9.13. The van der Waals surface area contributed by atoms with Crippen LogP contribution in [0.5, 0.6) is 0 Å². The second-order valence-corrected chi connectivity index (χ2v) is 13.3. The molecule has 1 aliphatic rings. The Morgan fingerprint density at radius 1 is 1.29 bits per heavy atom. The van der Waals surface area contributed by atoms with Crippen molar-refractivity contribution in [3.63, 3.8) is 0 Å². The number of carbonyl (C=O) groups is 1. The number of nitrogens with one attached hydrogen (secondary N) is 2. The van der Waals surface area contributed by atoms with Gasteiger partial charge in [-0.1, -0.05) is 42.1 Å². The number of aliphatic hydroxyl groups is 3. The summed E-state index contributed by atoms with van der Waals surface area (Å²) in [5, 5.41) is 34.0. The van der Waals surface area contributed by atoms with Gasteiger partial charge in [0.1, 0.15) is 17.8 Å². The Morgan fingerprint density at radius 2 is 2.02 bits per heavy atom. The number of rotatable bonds is 13. The van der Waals surface area contributed by atoms with Gasteiger partial charge in [-0.2, -0.15) is 0 Å². The number of aliphatic hydroxyl groups excluding tert-OH is 2. The number of ether oxygens (including phenoxy) is 1. The highest BCUT2D eigenvalue weighted by Gasteiger charge is 2.54. The lowest BCUT2D eigenvalue weighted by Gasteiger charge is -2.27. The number of hydrogen-bond donors (Lipinski definition) is 5. The van der Waals surface area contributed by atoms with Gasteiger partial charge >= 0.3 is 7.75 Å². The number of aromatic amines is 1. The maximum absolute atomic E-state index is 13.7. The van der Waals surface area contributed by atoms with Gasteiger partial charge in [-0.05, 0) is 26.3 Å². The zero-order valence-corrected chi connectivity index (χ0v) is 24.5.